The quantitative estimate of drug-likeness (QED) is 0.552. The Kier molecular flexibility index (Phi) is 7.20. The van der Waals surface area contributed by atoms with Crippen molar-refractivity contribution in [3.05, 3.63) is 94.5 Å². The standard InChI is InChI=1S/C25H22N2O6/c1-15-10-11-20(26-22(28)16-6-4-8-18(12-16)24(30)32-2)14-21(15)27-23(29)17-7-5-9-19(13-17)25(31)33-3/h4-14H,1-3H3,(H,26,28)(H,27,29). The van der Waals surface area contributed by atoms with Gasteiger partial charge in [0.1, 0.15) is 0 Å². The summed E-state index contributed by atoms with van der Waals surface area (Å²) in [5.74, 6) is -1.92. The molecule has 0 aliphatic carbocycles. The lowest BCUT2D eigenvalue weighted by Crippen LogP contribution is -2.15. The monoisotopic (exact) mass is 446 g/mol. The minimum atomic E-state index is -0.541. The molecule has 0 aromatic heterocycles. The third-order valence-corrected chi connectivity index (χ3v) is 4.84. The van der Waals surface area contributed by atoms with E-state index in [-0.39, 0.29) is 22.3 Å². The minimum Gasteiger partial charge on any atom is -0.465 e. The Balaban J connectivity index is 1.77. The van der Waals surface area contributed by atoms with Crippen molar-refractivity contribution in [1.29, 1.82) is 0 Å². The van der Waals surface area contributed by atoms with E-state index in [4.69, 9.17) is 0 Å². The average molecular weight is 446 g/mol. The van der Waals surface area contributed by atoms with E-state index in [1.165, 1.54) is 26.4 Å². The number of esters is 2. The Hall–Kier alpha value is -4.46. The largest absolute Gasteiger partial charge is 0.465 e. The van der Waals surface area contributed by atoms with Crippen molar-refractivity contribution in [1.82, 2.24) is 0 Å². The van der Waals surface area contributed by atoms with E-state index in [1.54, 1.807) is 54.6 Å². The van der Waals surface area contributed by atoms with Crippen LogP contribution in [0.25, 0.3) is 0 Å². The summed E-state index contributed by atoms with van der Waals surface area (Å²) in [5.41, 5.74) is 2.80. The second kappa shape index (κ2) is 10.2. The first-order valence-electron chi connectivity index (χ1n) is 9.92. The molecular formula is C25H22N2O6. The molecule has 2 amide bonds. The Morgan fingerprint density at radius 1 is 0.636 bits per heavy atom. The van der Waals surface area contributed by atoms with Gasteiger partial charge in [-0.15, -0.1) is 0 Å². The van der Waals surface area contributed by atoms with Gasteiger partial charge in [-0.1, -0.05) is 18.2 Å². The number of benzene rings is 3. The fourth-order valence-corrected chi connectivity index (χ4v) is 3.04. The zero-order valence-electron chi connectivity index (χ0n) is 18.3. The number of carbonyl (C=O) groups is 4. The summed E-state index contributed by atoms with van der Waals surface area (Å²) in [5, 5.41) is 5.54. The van der Waals surface area contributed by atoms with Crippen LogP contribution in [0.3, 0.4) is 0 Å². The number of nitrogens with one attached hydrogen (secondary N) is 2. The summed E-state index contributed by atoms with van der Waals surface area (Å²) >= 11 is 0. The zero-order chi connectivity index (χ0) is 24.0. The maximum atomic E-state index is 12.7. The normalized spacial score (nSPS) is 10.2. The van der Waals surface area contributed by atoms with Gasteiger partial charge in [0.2, 0.25) is 0 Å². The average Bonchev–Trinajstić information content (AvgIpc) is 2.85. The van der Waals surface area contributed by atoms with E-state index < -0.39 is 23.8 Å². The first-order chi connectivity index (χ1) is 15.8. The number of amides is 2. The maximum absolute atomic E-state index is 12.7. The molecule has 0 fully saturated rings. The first-order valence-corrected chi connectivity index (χ1v) is 9.92. The Bertz CT molecular complexity index is 1240. The molecule has 0 aliphatic rings. The van der Waals surface area contributed by atoms with Crippen LogP contribution in [0.5, 0.6) is 0 Å². The van der Waals surface area contributed by atoms with Crippen LogP contribution in [0, 0.1) is 6.92 Å². The van der Waals surface area contributed by atoms with Gasteiger partial charge in [-0.05, 0) is 61.0 Å². The van der Waals surface area contributed by atoms with Gasteiger partial charge in [0.25, 0.3) is 11.8 Å². The summed E-state index contributed by atoms with van der Waals surface area (Å²) in [6.07, 6.45) is 0. The second-order valence-corrected chi connectivity index (χ2v) is 7.08. The molecule has 3 aromatic rings. The van der Waals surface area contributed by atoms with Gasteiger partial charge in [0, 0.05) is 22.5 Å². The van der Waals surface area contributed by atoms with Crippen molar-refractivity contribution >= 4 is 35.1 Å². The molecule has 0 aliphatic heterocycles. The Labute approximate surface area is 190 Å². The van der Waals surface area contributed by atoms with Crippen LogP contribution in [0.4, 0.5) is 11.4 Å². The van der Waals surface area contributed by atoms with Crippen molar-refractivity contribution < 1.29 is 28.7 Å². The number of aryl methyl sites for hydroxylation is 1. The molecule has 2 N–H and O–H groups in total. The van der Waals surface area contributed by atoms with E-state index in [1.807, 2.05) is 6.92 Å². The SMILES string of the molecule is COC(=O)c1cccc(C(=O)Nc2ccc(C)c(NC(=O)c3cccc(C(=O)OC)c3)c2)c1. The Morgan fingerprint density at radius 2 is 1.12 bits per heavy atom. The highest BCUT2D eigenvalue weighted by Crippen LogP contribution is 2.22. The molecule has 0 saturated carbocycles. The lowest BCUT2D eigenvalue weighted by molar-refractivity contribution is 0.0591. The van der Waals surface area contributed by atoms with Crippen molar-refractivity contribution in [3.63, 3.8) is 0 Å². The number of carbonyl (C=O) groups excluding carboxylic acids is 4. The number of rotatable bonds is 6. The molecule has 0 atom stereocenters. The van der Waals surface area contributed by atoms with Gasteiger partial charge in [0.05, 0.1) is 25.3 Å². The molecule has 0 spiro atoms. The van der Waals surface area contributed by atoms with Gasteiger partial charge in [-0.3, -0.25) is 9.59 Å². The fraction of sp³-hybridized carbons (Fsp3) is 0.120. The van der Waals surface area contributed by atoms with E-state index in [9.17, 15) is 19.2 Å². The number of ether oxygens (including phenoxy) is 2. The highest BCUT2D eigenvalue weighted by molar-refractivity contribution is 6.08. The minimum absolute atomic E-state index is 0.260. The lowest BCUT2D eigenvalue weighted by Gasteiger charge is -2.12. The van der Waals surface area contributed by atoms with Crippen molar-refractivity contribution in [3.8, 4) is 0 Å². The molecular weight excluding hydrogens is 424 g/mol. The van der Waals surface area contributed by atoms with Crippen LogP contribution in [0.15, 0.2) is 66.7 Å². The van der Waals surface area contributed by atoms with Gasteiger partial charge in [-0.25, -0.2) is 9.59 Å². The molecule has 0 saturated heterocycles. The van der Waals surface area contributed by atoms with Crippen LogP contribution >= 0.6 is 0 Å². The van der Waals surface area contributed by atoms with Crippen LogP contribution in [-0.4, -0.2) is 38.0 Å². The summed E-state index contributed by atoms with van der Waals surface area (Å²) in [6, 6.07) is 17.4. The number of anilines is 2. The van der Waals surface area contributed by atoms with Gasteiger partial charge >= 0.3 is 11.9 Å². The topological polar surface area (TPSA) is 111 Å². The van der Waals surface area contributed by atoms with E-state index in [0.717, 1.165) is 5.56 Å². The van der Waals surface area contributed by atoms with E-state index in [0.29, 0.717) is 11.4 Å². The second-order valence-electron chi connectivity index (χ2n) is 7.08. The molecule has 0 heterocycles. The molecule has 168 valence electrons. The van der Waals surface area contributed by atoms with Crippen LogP contribution in [-0.2, 0) is 9.47 Å². The molecule has 0 bridgehead atoms. The third-order valence-electron chi connectivity index (χ3n) is 4.84. The van der Waals surface area contributed by atoms with Crippen molar-refractivity contribution in [2.75, 3.05) is 24.9 Å². The molecule has 0 unspecified atom stereocenters. The first kappa shape index (κ1) is 23.2. The highest BCUT2D eigenvalue weighted by atomic mass is 16.5. The Morgan fingerprint density at radius 3 is 1.64 bits per heavy atom. The van der Waals surface area contributed by atoms with Crippen LogP contribution in [0.1, 0.15) is 47.0 Å². The van der Waals surface area contributed by atoms with Gasteiger partial charge in [-0.2, -0.15) is 0 Å². The number of hydrogen-bond donors (Lipinski definition) is 2. The predicted molar refractivity (Wildman–Crippen MR) is 123 cm³/mol. The molecule has 0 radical (unpaired) electrons. The third kappa shape index (κ3) is 5.62. The molecule has 3 aromatic carbocycles. The summed E-state index contributed by atoms with van der Waals surface area (Å²) < 4.78 is 9.37. The number of methoxy groups -OCH3 is 2. The van der Waals surface area contributed by atoms with Crippen LogP contribution < -0.4 is 10.6 Å². The summed E-state index contributed by atoms with van der Waals surface area (Å²) in [6.45, 7) is 1.81. The molecule has 33 heavy (non-hydrogen) atoms. The van der Waals surface area contributed by atoms with E-state index in [2.05, 4.69) is 20.1 Å². The van der Waals surface area contributed by atoms with Crippen LogP contribution in [0.2, 0.25) is 0 Å². The van der Waals surface area contributed by atoms with E-state index >= 15 is 0 Å². The van der Waals surface area contributed by atoms with Crippen molar-refractivity contribution in [2.45, 2.75) is 6.92 Å². The molecule has 3 rings (SSSR count). The zero-order valence-corrected chi connectivity index (χ0v) is 18.3. The molecule has 8 nitrogen and oxygen atoms in total. The predicted octanol–water partition coefficient (Wildman–Crippen LogP) is 4.07. The van der Waals surface area contributed by atoms with Gasteiger partial charge < -0.3 is 20.1 Å². The number of hydrogen-bond acceptors (Lipinski definition) is 6. The van der Waals surface area contributed by atoms with Gasteiger partial charge in [0.15, 0.2) is 0 Å². The molecule has 8 heteroatoms. The highest BCUT2D eigenvalue weighted by Gasteiger charge is 2.14. The fourth-order valence-electron chi connectivity index (χ4n) is 3.04. The summed E-state index contributed by atoms with van der Waals surface area (Å²) in [7, 11) is 2.53. The van der Waals surface area contributed by atoms with Crippen molar-refractivity contribution in [2.24, 2.45) is 0 Å². The maximum Gasteiger partial charge on any atom is 0.337 e. The smallest absolute Gasteiger partial charge is 0.337 e. The lowest BCUT2D eigenvalue weighted by atomic mass is 10.1. The summed E-state index contributed by atoms with van der Waals surface area (Å²) in [4.78, 5) is 48.8.